The Morgan fingerprint density at radius 3 is 1.05 bits per heavy atom. The Kier molecular flexibility index (Phi) is 16.2. The van der Waals surface area contributed by atoms with Gasteiger partial charge in [-0.25, -0.2) is 0 Å². The number of benzene rings is 2. The third-order valence-corrected chi connectivity index (χ3v) is 1.88. The Balaban J connectivity index is 0. The van der Waals surface area contributed by atoms with E-state index in [9.17, 15) is 0 Å². The summed E-state index contributed by atoms with van der Waals surface area (Å²) in [6.07, 6.45) is 0. The molecular weight excluding hydrogens is 272 g/mol. The van der Waals surface area contributed by atoms with Crippen LogP contribution in [0, 0.1) is 0 Å². The quantitative estimate of drug-likeness (QED) is 0.792. The Labute approximate surface area is 131 Å². The first-order chi connectivity index (χ1) is 8.79. The van der Waals surface area contributed by atoms with Crippen molar-refractivity contribution in [2.24, 2.45) is 0 Å². The molecule has 2 aromatic rings. The van der Waals surface area contributed by atoms with Gasteiger partial charge >= 0.3 is 0 Å². The van der Waals surface area contributed by atoms with Crippen molar-refractivity contribution in [3.05, 3.63) is 60.7 Å². The van der Waals surface area contributed by atoms with Crippen LogP contribution in [0.15, 0.2) is 60.7 Å². The van der Waals surface area contributed by atoms with E-state index in [1.54, 1.807) is 13.8 Å². The van der Waals surface area contributed by atoms with Crippen LogP contribution in [0.25, 0.3) is 11.1 Å². The van der Waals surface area contributed by atoms with E-state index in [2.05, 4.69) is 48.5 Å². The normalized spacial score (nSPS) is 8.00. The van der Waals surface area contributed by atoms with E-state index in [1.165, 1.54) is 11.1 Å². The van der Waals surface area contributed by atoms with Gasteiger partial charge in [-0.15, -0.1) is 0 Å². The zero-order valence-electron chi connectivity index (χ0n) is 11.6. The summed E-state index contributed by atoms with van der Waals surface area (Å²) in [4.78, 5) is 0. The van der Waals surface area contributed by atoms with Crippen molar-refractivity contribution >= 4 is 0 Å². The summed E-state index contributed by atoms with van der Waals surface area (Å²) in [6.45, 7) is 3.86. The summed E-state index contributed by atoms with van der Waals surface area (Å²) < 4.78 is 0. The van der Waals surface area contributed by atoms with E-state index in [4.69, 9.17) is 10.2 Å². The van der Waals surface area contributed by atoms with Crippen molar-refractivity contribution in [3.8, 4) is 11.1 Å². The SMILES string of the molecule is CCO.CCO.[Ti].c1ccc(-c2ccccc2)cc1. The van der Waals surface area contributed by atoms with Crippen LogP contribution < -0.4 is 0 Å². The van der Waals surface area contributed by atoms with Crippen molar-refractivity contribution in [2.45, 2.75) is 13.8 Å². The van der Waals surface area contributed by atoms with Crippen LogP contribution in [0.1, 0.15) is 13.8 Å². The van der Waals surface area contributed by atoms with Gasteiger partial charge in [0.1, 0.15) is 0 Å². The van der Waals surface area contributed by atoms with Gasteiger partial charge in [-0.2, -0.15) is 0 Å². The van der Waals surface area contributed by atoms with Crippen LogP contribution in [0.3, 0.4) is 0 Å². The van der Waals surface area contributed by atoms with Gasteiger partial charge in [0.05, 0.1) is 0 Å². The molecule has 0 atom stereocenters. The fourth-order valence-corrected chi connectivity index (χ4v) is 1.26. The summed E-state index contributed by atoms with van der Waals surface area (Å²) in [5.74, 6) is 0. The van der Waals surface area contributed by atoms with Gasteiger partial charge in [-0.05, 0) is 25.0 Å². The zero-order valence-corrected chi connectivity index (χ0v) is 13.1. The largest absolute Gasteiger partial charge is 0.397 e. The van der Waals surface area contributed by atoms with E-state index in [0.29, 0.717) is 0 Å². The zero-order chi connectivity index (χ0) is 13.6. The fraction of sp³-hybridized carbons (Fsp3) is 0.250. The van der Waals surface area contributed by atoms with Gasteiger partial charge in [0.25, 0.3) is 0 Å². The van der Waals surface area contributed by atoms with Crippen LogP contribution in [-0.2, 0) is 21.7 Å². The summed E-state index contributed by atoms with van der Waals surface area (Å²) in [5, 5.41) is 15.1. The Bertz CT molecular complexity index is 337. The molecular formula is C16H22O2Ti. The van der Waals surface area contributed by atoms with Crippen LogP contribution >= 0.6 is 0 Å². The molecule has 0 radical (unpaired) electrons. The van der Waals surface area contributed by atoms with E-state index >= 15 is 0 Å². The minimum Gasteiger partial charge on any atom is -0.397 e. The number of rotatable bonds is 1. The van der Waals surface area contributed by atoms with Crippen molar-refractivity contribution in [2.75, 3.05) is 13.2 Å². The standard InChI is InChI=1S/C12H10.2C2H6O.Ti/c1-3-7-11(8-4-1)12-9-5-2-6-10-12;2*1-2-3;/h1-10H;2*3H,2H2,1H3;. The Morgan fingerprint density at radius 1 is 0.632 bits per heavy atom. The van der Waals surface area contributed by atoms with E-state index in [0.717, 1.165) is 0 Å². The molecule has 2 N–H and O–H groups in total. The third-order valence-electron chi connectivity index (χ3n) is 1.88. The second-order valence-electron chi connectivity index (χ2n) is 3.36. The van der Waals surface area contributed by atoms with Crippen molar-refractivity contribution in [3.63, 3.8) is 0 Å². The first-order valence-electron chi connectivity index (χ1n) is 6.12. The van der Waals surface area contributed by atoms with E-state index < -0.39 is 0 Å². The van der Waals surface area contributed by atoms with Crippen LogP contribution in [0.5, 0.6) is 0 Å². The number of aliphatic hydroxyl groups is 2. The second-order valence-corrected chi connectivity index (χ2v) is 3.36. The van der Waals surface area contributed by atoms with Crippen molar-refractivity contribution < 1.29 is 31.9 Å². The number of hydrogen-bond donors (Lipinski definition) is 2. The predicted molar refractivity (Wildman–Crippen MR) is 77.4 cm³/mol. The van der Waals surface area contributed by atoms with Gasteiger partial charge in [-0.3, -0.25) is 0 Å². The molecule has 0 amide bonds. The van der Waals surface area contributed by atoms with E-state index in [-0.39, 0.29) is 34.9 Å². The average Bonchev–Trinajstić information content (AvgIpc) is 2.43. The predicted octanol–water partition coefficient (Wildman–Crippen LogP) is 3.35. The Morgan fingerprint density at radius 2 is 0.842 bits per heavy atom. The molecule has 0 fully saturated rings. The van der Waals surface area contributed by atoms with Crippen molar-refractivity contribution in [1.82, 2.24) is 0 Å². The molecule has 0 bridgehead atoms. The molecule has 0 aliphatic carbocycles. The van der Waals surface area contributed by atoms with Gasteiger partial charge in [0.2, 0.25) is 0 Å². The van der Waals surface area contributed by atoms with Gasteiger partial charge < -0.3 is 10.2 Å². The summed E-state index contributed by atoms with van der Waals surface area (Å²) in [7, 11) is 0. The minimum absolute atomic E-state index is 0. The molecule has 2 aromatic carbocycles. The van der Waals surface area contributed by atoms with Crippen LogP contribution in [0.4, 0.5) is 0 Å². The molecule has 0 aliphatic heterocycles. The first kappa shape index (κ1) is 20.4. The molecule has 102 valence electrons. The maximum Gasteiger partial charge on any atom is 0.0402 e. The molecule has 0 saturated heterocycles. The number of aliphatic hydroxyl groups excluding tert-OH is 2. The topological polar surface area (TPSA) is 40.5 Å². The summed E-state index contributed by atoms with van der Waals surface area (Å²) >= 11 is 0. The smallest absolute Gasteiger partial charge is 0.0402 e. The summed E-state index contributed by atoms with van der Waals surface area (Å²) in [5.41, 5.74) is 2.55. The molecule has 0 unspecified atom stereocenters. The molecule has 0 heterocycles. The van der Waals surface area contributed by atoms with E-state index in [1.807, 2.05) is 12.1 Å². The summed E-state index contributed by atoms with van der Waals surface area (Å²) in [6, 6.07) is 20.8. The molecule has 0 aromatic heterocycles. The van der Waals surface area contributed by atoms with Crippen LogP contribution in [-0.4, -0.2) is 23.4 Å². The maximum atomic E-state index is 7.57. The fourth-order valence-electron chi connectivity index (χ4n) is 1.26. The van der Waals surface area contributed by atoms with Gasteiger partial charge in [0, 0.05) is 34.9 Å². The Hall–Kier alpha value is -0.926. The molecule has 3 heteroatoms. The molecule has 0 spiro atoms. The minimum atomic E-state index is 0. The van der Waals surface area contributed by atoms with Gasteiger partial charge in [0.15, 0.2) is 0 Å². The maximum absolute atomic E-state index is 7.57. The monoisotopic (exact) mass is 294 g/mol. The number of hydrogen-bond acceptors (Lipinski definition) is 2. The average molecular weight is 294 g/mol. The first-order valence-corrected chi connectivity index (χ1v) is 6.12. The third kappa shape index (κ3) is 10.7. The van der Waals surface area contributed by atoms with Crippen LogP contribution in [0.2, 0.25) is 0 Å². The van der Waals surface area contributed by atoms with Gasteiger partial charge in [-0.1, -0.05) is 60.7 Å². The molecule has 0 aliphatic rings. The molecule has 19 heavy (non-hydrogen) atoms. The second kappa shape index (κ2) is 15.1. The molecule has 2 rings (SSSR count). The van der Waals surface area contributed by atoms with Crippen molar-refractivity contribution in [1.29, 1.82) is 0 Å². The molecule has 2 nitrogen and oxygen atoms in total. The molecule has 0 saturated carbocycles.